The molecule has 0 saturated heterocycles. The molecule has 0 spiro atoms. The topological polar surface area (TPSA) is 35.2 Å². The molecule has 0 heterocycles. The Morgan fingerprint density at radius 1 is 1.06 bits per heavy atom. The lowest BCUT2D eigenvalue weighted by Crippen LogP contribution is -1.99. The number of aryl methyl sites for hydroxylation is 1. The third-order valence-corrected chi connectivity index (χ3v) is 2.90. The van der Waals surface area contributed by atoms with E-state index in [-0.39, 0.29) is 0 Å². The van der Waals surface area contributed by atoms with Gasteiger partial charge in [0.2, 0.25) is 0 Å². The molecular formula is C15H16ClNO. The van der Waals surface area contributed by atoms with Crippen molar-refractivity contribution >= 4 is 17.3 Å². The predicted molar refractivity (Wildman–Crippen MR) is 76.1 cm³/mol. The normalized spacial score (nSPS) is 10.3. The highest BCUT2D eigenvalue weighted by Crippen LogP contribution is 2.15. The number of nitrogens with two attached hydrogens (primary N) is 1. The van der Waals surface area contributed by atoms with E-state index in [1.54, 1.807) is 0 Å². The van der Waals surface area contributed by atoms with Crippen LogP contribution in [0, 0.1) is 0 Å². The van der Waals surface area contributed by atoms with Crippen molar-refractivity contribution in [2.45, 2.75) is 12.8 Å². The van der Waals surface area contributed by atoms with E-state index in [0.29, 0.717) is 6.61 Å². The van der Waals surface area contributed by atoms with Crippen molar-refractivity contribution in [1.82, 2.24) is 0 Å². The zero-order valence-electron chi connectivity index (χ0n) is 10.1. The first-order valence-corrected chi connectivity index (χ1v) is 6.34. The van der Waals surface area contributed by atoms with E-state index in [9.17, 15) is 0 Å². The van der Waals surface area contributed by atoms with Gasteiger partial charge in [-0.15, -0.1) is 0 Å². The maximum absolute atomic E-state index is 5.83. The number of benzene rings is 2. The van der Waals surface area contributed by atoms with Crippen LogP contribution in [0.4, 0.5) is 5.69 Å². The van der Waals surface area contributed by atoms with Crippen molar-refractivity contribution in [2.75, 3.05) is 12.3 Å². The van der Waals surface area contributed by atoms with Crippen LogP contribution >= 0.6 is 11.6 Å². The minimum absolute atomic E-state index is 0.687. The second-order valence-electron chi connectivity index (χ2n) is 4.15. The van der Waals surface area contributed by atoms with Crippen molar-refractivity contribution in [3.05, 3.63) is 59.1 Å². The van der Waals surface area contributed by atoms with Gasteiger partial charge >= 0.3 is 0 Å². The second-order valence-corrected chi connectivity index (χ2v) is 4.59. The van der Waals surface area contributed by atoms with Gasteiger partial charge in [-0.2, -0.15) is 0 Å². The molecule has 0 aliphatic rings. The minimum atomic E-state index is 0.687. The molecule has 2 N–H and O–H groups in total. The van der Waals surface area contributed by atoms with Gasteiger partial charge in [0.1, 0.15) is 5.75 Å². The lowest BCUT2D eigenvalue weighted by atomic mass is 10.1. The fourth-order valence-electron chi connectivity index (χ4n) is 1.72. The zero-order chi connectivity index (χ0) is 12.8. The smallest absolute Gasteiger partial charge is 0.121 e. The highest BCUT2D eigenvalue weighted by molar-refractivity contribution is 6.30. The lowest BCUT2D eigenvalue weighted by Gasteiger charge is -2.06. The van der Waals surface area contributed by atoms with E-state index in [4.69, 9.17) is 22.1 Å². The molecule has 2 rings (SSSR count). The molecule has 0 aliphatic carbocycles. The van der Waals surface area contributed by atoms with Crippen molar-refractivity contribution in [3.8, 4) is 5.75 Å². The molecule has 3 heteroatoms. The number of nitrogen functional groups attached to an aromatic ring is 1. The summed E-state index contributed by atoms with van der Waals surface area (Å²) in [6, 6.07) is 15.4. The zero-order valence-corrected chi connectivity index (χ0v) is 10.9. The van der Waals surface area contributed by atoms with Crippen LogP contribution in [0.5, 0.6) is 5.75 Å². The monoisotopic (exact) mass is 261 g/mol. The maximum Gasteiger partial charge on any atom is 0.121 e. The summed E-state index contributed by atoms with van der Waals surface area (Å²) in [6.07, 6.45) is 1.95. The molecule has 0 bridgehead atoms. The number of anilines is 1. The first-order valence-electron chi connectivity index (χ1n) is 5.97. The molecule has 0 aromatic heterocycles. The molecule has 0 amide bonds. The average Bonchev–Trinajstić information content (AvgIpc) is 2.37. The summed E-state index contributed by atoms with van der Waals surface area (Å²) in [5.41, 5.74) is 7.68. The van der Waals surface area contributed by atoms with E-state index >= 15 is 0 Å². The van der Waals surface area contributed by atoms with E-state index in [2.05, 4.69) is 0 Å². The molecule has 0 unspecified atom stereocenters. The predicted octanol–water partition coefficient (Wildman–Crippen LogP) is 3.93. The molecule has 2 nitrogen and oxygen atoms in total. The molecule has 94 valence electrons. The number of ether oxygens (including phenoxy) is 1. The lowest BCUT2D eigenvalue weighted by molar-refractivity contribution is 0.311. The molecule has 0 saturated carbocycles. The standard InChI is InChI=1S/C15H16ClNO/c16-13-8-6-12(7-9-13)3-2-10-18-15-5-1-4-14(17)11-15/h1,4-9,11H,2-3,10,17H2. The van der Waals surface area contributed by atoms with Crippen molar-refractivity contribution in [1.29, 1.82) is 0 Å². The van der Waals surface area contributed by atoms with Crippen LogP contribution in [0.1, 0.15) is 12.0 Å². The van der Waals surface area contributed by atoms with Crippen LogP contribution in [0.25, 0.3) is 0 Å². The van der Waals surface area contributed by atoms with Crippen LogP contribution in [-0.2, 0) is 6.42 Å². The Morgan fingerprint density at radius 3 is 2.56 bits per heavy atom. The molecular weight excluding hydrogens is 246 g/mol. The largest absolute Gasteiger partial charge is 0.494 e. The third-order valence-electron chi connectivity index (χ3n) is 2.65. The number of halogens is 1. The van der Waals surface area contributed by atoms with Gasteiger partial charge in [0.15, 0.2) is 0 Å². The second kappa shape index (κ2) is 6.31. The van der Waals surface area contributed by atoms with E-state index in [0.717, 1.165) is 29.3 Å². The fourth-order valence-corrected chi connectivity index (χ4v) is 1.85. The summed E-state index contributed by atoms with van der Waals surface area (Å²) in [6.45, 7) is 0.687. The first-order chi connectivity index (χ1) is 8.74. The summed E-state index contributed by atoms with van der Waals surface area (Å²) in [5, 5.41) is 0.773. The Morgan fingerprint density at radius 2 is 1.83 bits per heavy atom. The highest BCUT2D eigenvalue weighted by Gasteiger charge is 1.96. The molecule has 2 aromatic carbocycles. The molecule has 0 aliphatic heterocycles. The Bertz CT molecular complexity index is 496. The molecule has 2 aromatic rings. The van der Waals surface area contributed by atoms with E-state index in [1.807, 2.05) is 48.5 Å². The van der Waals surface area contributed by atoms with Crippen molar-refractivity contribution in [3.63, 3.8) is 0 Å². The summed E-state index contributed by atoms with van der Waals surface area (Å²) in [5.74, 6) is 0.825. The quantitative estimate of drug-likeness (QED) is 0.654. The van der Waals surface area contributed by atoms with Gasteiger partial charge < -0.3 is 10.5 Å². The van der Waals surface area contributed by atoms with Crippen LogP contribution in [0.2, 0.25) is 5.02 Å². The number of hydrogen-bond acceptors (Lipinski definition) is 2. The van der Waals surface area contributed by atoms with Gasteiger partial charge in [0.05, 0.1) is 6.61 Å². The van der Waals surface area contributed by atoms with Gasteiger partial charge in [0, 0.05) is 16.8 Å². The summed E-state index contributed by atoms with van der Waals surface area (Å²) in [7, 11) is 0. The van der Waals surface area contributed by atoms with Crippen molar-refractivity contribution in [2.24, 2.45) is 0 Å². The Hall–Kier alpha value is -1.67. The number of rotatable bonds is 5. The van der Waals surface area contributed by atoms with Gasteiger partial charge in [-0.3, -0.25) is 0 Å². The molecule has 18 heavy (non-hydrogen) atoms. The fraction of sp³-hybridized carbons (Fsp3) is 0.200. The van der Waals surface area contributed by atoms with Crippen LogP contribution in [0.3, 0.4) is 0 Å². The van der Waals surface area contributed by atoms with Crippen LogP contribution in [-0.4, -0.2) is 6.61 Å². The van der Waals surface area contributed by atoms with E-state index < -0.39 is 0 Å². The highest BCUT2D eigenvalue weighted by atomic mass is 35.5. The molecule has 0 fully saturated rings. The Labute approximate surface area is 112 Å². The Kier molecular flexibility index (Phi) is 4.48. The summed E-state index contributed by atoms with van der Waals surface area (Å²) in [4.78, 5) is 0. The SMILES string of the molecule is Nc1cccc(OCCCc2ccc(Cl)cc2)c1. The summed E-state index contributed by atoms with van der Waals surface area (Å²) < 4.78 is 5.63. The van der Waals surface area contributed by atoms with Gasteiger partial charge in [-0.05, 0) is 42.7 Å². The Balaban J connectivity index is 1.74. The third kappa shape index (κ3) is 3.97. The van der Waals surface area contributed by atoms with Crippen LogP contribution < -0.4 is 10.5 Å². The van der Waals surface area contributed by atoms with Gasteiger partial charge in [0.25, 0.3) is 0 Å². The average molecular weight is 262 g/mol. The number of hydrogen-bond donors (Lipinski definition) is 1. The summed E-state index contributed by atoms with van der Waals surface area (Å²) >= 11 is 5.83. The van der Waals surface area contributed by atoms with Crippen LogP contribution in [0.15, 0.2) is 48.5 Å². The van der Waals surface area contributed by atoms with Gasteiger partial charge in [-0.1, -0.05) is 29.8 Å². The van der Waals surface area contributed by atoms with Crippen molar-refractivity contribution < 1.29 is 4.74 Å². The molecule has 0 radical (unpaired) electrons. The maximum atomic E-state index is 5.83. The van der Waals surface area contributed by atoms with E-state index in [1.165, 1.54) is 5.56 Å². The first kappa shape index (κ1) is 12.8. The van der Waals surface area contributed by atoms with Gasteiger partial charge in [-0.25, -0.2) is 0 Å². The molecule has 0 atom stereocenters. The minimum Gasteiger partial charge on any atom is -0.494 e.